The summed E-state index contributed by atoms with van der Waals surface area (Å²) in [4.78, 5) is 11.8. The maximum absolute atomic E-state index is 11.8. The molecule has 22 heavy (non-hydrogen) atoms. The minimum Gasteiger partial charge on any atom is -0.484 e. The van der Waals surface area contributed by atoms with E-state index in [1.165, 1.54) is 11.1 Å². The number of benzene rings is 2. The Morgan fingerprint density at radius 3 is 2.41 bits per heavy atom. The smallest absolute Gasteiger partial charge is 0.257 e. The quantitative estimate of drug-likeness (QED) is 0.849. The van der Waals surface area contributed by atoms with Crippen LogP contribution in [0.1, 0.15) is 30.9 Å². The highest BCUT2D eigenvalue weighted by molar-refractivity contribution is 5.77. The van der Waals surface area contributed by atoms with E-state index in [4.69, 9.17) is 4.74 Å². The standard InChI is InChI=1S/C19H23NO2/c1-3-16-9-11-18(12-10-16)22-14-19(21)20-13-15(2)17-7-5-4-6-8-17/h4-12,15H,3,13-14H2,1-2H3,(H,20,21). The Labute approximate surface area is 132 Å². The van der Waals surface area contributed by atoms with Crippen LogP contribution >= 0.6 is 0 Å². The van der Waals surface area contributed by atoms with Crippen LogP contribution in [0.15, 0.2) is 54.6 Å². The van der Waals surface area contributed by atoms with Gasteiger partial charge >= 0.3 is 0 Å². The minimum absolute atomic E-state index is 0.0486. The van der Waals surface area contributed by atoms with Gasteiger partial charge in [-0.15, -0.1) is 0 Å². The molecule has 2 aromatic rings. The first-order chi connectivity index (χ1) is 10.7. The third kappa shape index (κ3) is 4.92. The summed E-state index contributed by atoms with van der Waals surface area (Å²) in [6.07, 6.45) is 0.998. The molecule has 3 heteroatoms. The first-order valence-corrected chi connectivity index (χ1v) is 7.72. The molecule has 0 saturated heterocycles. The van der Waals surface area contributed by atoms with Crippen molar-refractivity contribution in [3.8, 4) is 5.75 Å². The monoisotopic (exact) mass is 297 g/mol. The van der Waals surface area contributed by atoms with Crippen molar-refractivity contribution in [2.45, 2.75) is 26.2 Å². The van der Waals surface area contributed by atoms with E-state index >= 15 is 0 Å². The van der Waals surface area contributed by atoms with Gasteiger partial charge in [0.15, 0.2) is 6.61 Å². The number of hydrogen-bond donors (Lipinski definition) is 1. The van der Waals surface area contributed by atoms with Crippen LogP contribution < -0.4 is 10.1 Å². The maximum atomic E-state index is 11.8. The summed E-state index contributed by atoms with van der Waals surface area (Å²) in [7, 11) is 0. The van der Waals surface area contributed by atoms with Gasteiger partial charge in [0.2, 0.25) is 0 Å². The van der Waals surface area contributed by atoms with Crippen LogP contribution in [0.2, 0.25) is 0 Å². The molecule has 0 bridgehead atoms. The lowest BCUT2D eigenvalue weighted by molar-refractivity contribution is -0.123. The Bertz CT molecular complexity index is 578. The Morgan fingerprint density at radius 1 is 1.09 bits per heavy atom. The summed E-state index contributed by atoms with van der Waals surface area (Å²) in [6, 6.07) is 18.0. The summed E-state index contributed by atoms with van der Waals surface area (Å²) in [6.45, 7) is 4.87. The van der Waals surface area contributed by atoms with Gasteiger partial charge in [0.25, 0.3) is 5.91 Å². The predicted molar refractivity (Wildman–Crippen MR) is 89.2 cm³/mol. The van der Waals surface area contributed by atoms with Crippen LogP contribution in [0.4, 0.5) is 0 Å². The van der Waals surface area contributed by atoms with E-state index in [-0.39, 0.29) is 18.4 Å². The molecular formula is C19H23NO2. The zero-order valence-electron chi connectivity index (χ0n) is 13.2. The Balaban J connectivity index is 1.73. The number of aryl methyl sites for hydroxylation is 1. The minimum atomic E-state index is -0.0950. The van der Waals surface area contributed by atoms with Crippen molar-refractivity contribution in [1.82, 2.24) is 5.32 Å². The molecule has 0 radical (unpaired) electrons. The second-order valence-corrected chi connectivity index (χ2v) is 5.40. The highest BCUT2D eigenvalue weighted by Gasteiger charge is 2.08. The fourth-order valence-electron chi connectivity index (χ4n) is 2.19. The van der Waals surface area contributed by atoms with Gasteiger partial charge in [0.05, 0.1) is 0 Å². The molecule has 1 amide bonds. The average molecular weight is 297 g/mol. The SMILES string of the molecule is CCc1ccc(OCC(=O)NCC(C)c2ccccc2)cc1. The number of carbonyl (C=O) groups excluding carboxylic acids is 1. The molecule has 0 heterocycles. The summed E-state index contributed by atoms with van der Waals surface area (Å²) < 4.78 is 5.49. The number of hydrogen-bond acceptors (Lipinski definition) is 2. The molecule has 1 unspecified atom stereocenters. The largest absolute Gasteiger partial charge is 0.484 e. The molecule has 0 aliphatic rings. The average Bonchev–Trinajstić information content (AvgIpc) is 2.59. The zero-order chi connectivity index (χ0) is 15.8. The molecule has 116 valence electrons. The van der Waals surface area contributed by atoms with Gasteiger partial charge in [-0.2, -0.15) is 0 Å². The molecule has 0 fully saturated rings. The summed E-state index contributed by atoms with van der Waals surface area (Å²) in [5, 5.41) is 2.91. The van der Waals surface area contributed by atoms with E-state index < -0.39 is 0 Å². The lowest BCUT2D eigenvalue weighted by Gasteiger charge is -2.13. The van der Waals surface area contributed by atoms with Gasteiger partial charge in [-0.3, -0.25) is 4.79 Å². The second kappa shape index (κ2) is 8.23. The van der Waals surface area contributed by atoms with Gasteiger partial charge in [-0.25, -0.2) is 0 Å². The van der Waals surface area contributed by atoms with E-state index in [2.05, 4.69) is 31.3 Å². The van der Waals surface area contributed by atoms with E-state index in [1.54, 1.807) is 0 Å². The van der Waals surface area contributed by atoms with Gasteiger partial charge < -0.3 is 10.1 Å². The summed E-state index contributed by atoms with van der Waals surface area (Å²) in [5.41, 5.74) is 2.48. The number of carbonyl (C=O) groups is 1. The van der Waals surface area contributed by atoms with Crippen LogP contribution in [0.5, 0.6) is 5.75 Å². The topological polar surface area (TPSA) is 38.3 Å². The maximum Gasteiger partial charge on any atom is 0.257 e. The Kier molecular flexibility index (Phi) is 6.01. The fourth-order valence-corrected chi connectivity index (χ4v) is 2.19. The number of nitrogens with one attached hydrogen (secondary N) is 1. The van der Waals surface area contributed by atoms with Crippen LogP contribution in [-0.2, 0) is 11.2 Å². The lowest BCUT2D eigenvalue weighted by Crippen LogP contribution is -2.31. The molecule has 1 atom stereocenters. The highest BCUT2D eigenvalue weighted by atomic mass is 16.5. The van der Waals surface area contributed by atoms with Crippen molar-refractivity contribution in [3.63, 3.8) is 0 Å². The number of ether oxygens (including phenoxy) is 1. The summed E-state index contributed by atoms with van der Waals surface area (Å²) >= 11 is 0. The third-order valence-electron chi connectivity index (χ3n) is 3.68. The number of amides is 1. The van der Waals surface area contributed by atoms with E-state index in [9.17, 15) is 4.79 Å². The predicted octanol–water partition coefficient (Wildman–Crippen LogP) is 3.55. The van der Waals surface area contributed by atoms with E-state index in [1.807, 2.05) is 42.5 Å². The van der Waals surface area contributed by atoms with E-state index in [0.29, 0.717) is 6.54 Å². The second-order valence-electron chi connectivity index (χ2n) is 5.40. The molecule has 1 N–H and O–H groups in total. The van der Waals surface area contributed by atoms with Crippen molar-refractivity contribution in [1.29, 1.82) is 0 Å². The van der Waals surface area contributed by atoms with Gasteiger partial charge in [0.1, 0.15) is 5.75 Å². The van der Waals surface area contributed by atoms with Crippen LogP contribution in [-0.4, -0.2) is 19.1 Å². The Morgan fingerprint density at radius 2 is 1.77 bits per heavy atom. The molecule has 0 aliphatic carbocycles. The van der Waals surface area contributed by atoms with Crippen molar-refractivity contribution in [3.05, 3.63) is 65.7 Å². The van der Waals surface area contributed by atoms with Gasteiger partial charge in [-0.1, -0.05) is 56.3 Å². The normalized spacial score (nSPS) is 11.7. The first-order valence-electron chi connectivity index (χ1n) is 7.72. The first kappa shape index (κ1) is 16.1. The molecule has 2 aromatic carbocycles. The fraction of sp³-hybridized carbons (Fsp3) is 0.316. The third-order valence-corrected chi connectivity index (χ3v) is 3.68. The lowest BCUT2D eigenvalue weighted by atomic mass is 10.0. The van der Waals surface area contributed by atoms with Crippen LogP contribution in [0.3, 0.4) is 0 Å². The van der Waals surface area contributed by atoms with Crippen LogP contribution in [0, 0.1) is 0 Å². The van der Waals surface area contributed by atoms with Crippen LogP contribution in [0.25, 0.3) is 0 Å². The molecule has 0 aliphatic heterocycles. The molecule has 0 saturated carbocycles. The molecule has 0 spiro atoms. The zero-order valence-corrected chi connectivity index (χ0v) is 13.2. The van der Waals surface area contributed by atoms with E-state index in [0.717, 1.165) is 12.2 Å². The molecule has 2 rings (SSSR count). The van der Waals surface area contributed by atoms with Crippen molar-refractivity contribution < 1.29 is 9.53 Å². The Hall–Kier alpha value is -2.29. The van der Waals surface area contributed by atoms with Gasteiger partial charge in [-0.05, 0) is 35.6 Å². The highest BCUT2D eigenvalue weighted by Crippen LogP contribution is 2.14. The summed E-state index contributed by atoms with van der Waals surface area (Å²) in [5.74, 6) is 0.916. The van der Waals surface area contributed by atoms with Crippen molar-refractivity contribution >= 4 is 5.91 Å². The molecule has 3 nitrogen and oxygen atoms in total. The number of rotatable bonds is 7. The van der Waals surface area contributed by atoms with Gasteiger partial charge in [0, 0.05) is 6.54 Å². The van der Waals surface area contributed by atoms with Crippen molar-refractivity contribution in [2.24, 2.45) is 0 Å². The molecular weight excluding hydrogens is 274 g/mol. The van der Waals surface area contributed by atoms with Crippen molar-refractivity contribution in [2.75, 3.05) is 13.2 Å². The molecule has 0 aromatic heterocycles.